The van der Waals surface area contributed by atoms with Crippen molar-refractivity contribution < 1.29 is 9.59 Å². The molecule has 2 aliphatic rings. The summed E-state index contributed by atoms with van der Waals surface area (Å²) in [5, 5.41) is 3.41. The third-order valence-corrected chi connectivity index (χ3v) is 4.26. The number of hydrogen-bond donors (Lipinski definition) is 1. The molecule has 1 aliphatic heterocycles. The number of fused-ring (bicyclic) bond motifs is 1. The van der Waals surface area contributed by atoms with E-state index in [-0.39, 0.29) is 29.7 Å². The first-order valence-electron chi connectivity index (χ1n) is 7.27. The molecular formula is C14H24N2O2. The fourth-order valence-corrected chi connectivity index (χ4v) is 3.15. The third kappa shape index (κ3) is 2.44. The maximum atomic E-state index is 12.2. The van der Waals surface area contributed by atoms with Gasteiger partial charge in [-0.15, -0.1) is 0 Å². The quantitative estimate of drug-likeness (QED) is 0.730. The molecule has 2 amide bonds. The van der Waals surface area contributed by atoms with Gasteiger partial charge in [-0.25, -0.2) is 0 Å². The highest BCUT2D eigenvalue weighted by Crippen LogP contribution is 2.39. The lowest BCUT2D eigenvalue weighted by Crippen LogP contribution is -2.44. The van der Waals surface area contributed by atoms with Crippen LogP contribution in [-0.4, -0.2) is 35.8 Å². The van der Waals surface area contributed by atoms with Gasteiger partial charge in [0.05, 0.1) is 11.8 Å². The van der Waals surface area contributed by atoms with E-state index in [1.54, 1.807) is 0 Å². The van der Waals surface area contributed by atoms with Gasteiger partial charge in [0.15, 0.2) is 0 Å². The van der Waals surface area contributed by atoms with Gasteiger partial charge in [0.1, 0.15) is 0 Å². The van der Waals surface area contributed by atoms with Gasteiger partial charge in [-0.3, -0.25) is 14.5 Å². The van der Waals surface area contributed by atoms with Crippen LogP contribution >= 0.6 is 0 Å². The maximum absolute atomic E-state index is 12.2. The molecule has 3 unspecified atom stereocenters. The van der Waals surface area contributed by atoms with Crippen LogP contribution in [0.2, 0.25) is 0 Å². The minimum absolute atomic E-state index is 0.00109. The molecule has 1 N–H and O–H groups in total. The monoisotopic (exact) mass is 252 g/mol. The van der Waals surface area contributed by atoms with E-state index in [2.05, 4.69) is 19.2 Å². The van der Waals surface area contributed by atoms with Gasteiger partial charge in [-0.2, -0.15) is 0 Å². The topological polar surface area (TPSA) is 49.4 Å². The van der Waals surface area contributed by atoms with Gasteiger partial charge < -0.3 is 5.32 Å². The number of carbonyl (C=O) groups is 2. The summed E-state index contributed by atoms with van der Waals surface area (Å²) in [6, 6.07) is 0.247. The Balaban J connectivity index is 1.96. The Morgan fingerprint density at radius 2 is 1.83 bits per heavy atom. The third-order valence-electron chi connectivity index (χ3n) is 4.26. The molecule has 1 heterocycles. The van der Waals surface area contributed by atoms with Gasteiger partial charge in [0.2, 0.25) is 11.8 Å². The Morgan fingerprint density at radius 1 is 1.22 bits per heavy atom. The van der Waals surface area contributed by atoms with Crippen molar-refractivity contribution >= 4 is 11.8 Å². The summed E-state index contributed by atoms with van der Waals surface area (Å²) in [6.45, 7) is 5.72. The van der Waals surface area contributed by atoms with Crippen LogP contribution in [0.5, 0.6) is 0 Å². The maximum Gasteiger partial charge on any atom is 0.233 e. The highest BCUT2D eigenvalue weighted by molar-refractivity contribution is 6.05. The minimum Gasteiger partial charge on any atom is -0.312 e. The lowest BCUT2D eigenvalue weighted by atomic mass is 10.00. The molecule has 0 radical (unpaired) electrons. The summed E-state index contributed by atoms with van der Waals surface area (Å²) in [5.74, 6) is 0.167. The zero-order chi connectivity index (χ0) is 13.1. The van der Waals surface area contributed by atoms with Crippen LogP contribution in [0.1, 0.15) is 46.0 Å². The smallest absolute Gasteiger partial charge is 0.233 e. The summed E-state index contributed by atoms with van der Waals surface area (Å²) in [4.78, 5) is 25.9. The number of nitrogens with one attached hydrogen (secondary N) is 1. The Bertz CT molecular complexity index is 308. The van der Waals surface area contributed by atoms with Gasteiger partial charge in [0.25, 0.3) is 0 Å². The second kappa shape index (κ2) is 5.83. The molecule has 0 spiro atoms. The molecule has 18 heavy (non-hydrogen) atoms. The molecular weight excluding hydrogens is 228 g/mol. The van der Waals surface area contributed by atoms with Crippen molar-refractivity contribution in [1.82, 2.24) is 10.2 Å². The van der Waals surface area contributed by atoms with Crippen LogP contribution in [0, 0.1) is 11.8 Å². The molecule has 1 aliphatic carbocycles. The van der Waals surface area contributed by atoms with Crippen molar-refractivity contribution in [3.8, 4) is 0 Å². The van der Waals surface area contributed by atoms with E-state index >= 15 is 0 Å². The molecule has 1 saturated carbocycles. The van der Waals surface area contributed by atoms with Gasteiger partial charge in [-0.05, 0) is 32.2 Å². The van der Waals surface area contributed by atoms with Crippen molar-refractivity contribution in [1.29, 1.82) is 0 Å². The number of likely N-dealkylation sites (tertiary alicyclic amines) is 1. The standard InChI is InChI=1S/C14H24N2O2/c1-3-8-15-10(4-2)9-16-13(17)11-6-5-7-12(11)14(16)18/h10-12,15H,3-9H2,1-2H3. The molecule has 4 heteroatoms. The van der Waals surface area contributed by atoms with Gasteiger partial charge in [0, 0.05) is 12.6 Å². The first-order valence-corrected chi connectivity index (χ1v) is 7.27. The molecule has 0 bridgehead atoms. The molecule has 2 fully saturated rings. The molecule has 4 nitrogen and oxygen atoms in total. The molecule has 0 aromatic rings. The van der Waals surface area contributed by atoms with Crippen molar-refractivity contribution in [2.24, 2.45) is 11.8 Å². The van der Waals surface area contributed by atoms with Crippen molar-refractivity contribution in [2.75, 3.05) is 13.1 Å². The molecule has 1 saturated heterocycles. The number of amides is 2. The zero-order valence-electron chi connectivity index (χ0n) is 11.4. The average molecular weight is 252 g/mol. The second-order valence-corrected chi connectivity index (χ2v) is 5.49. The predicted octanol–water partition coefficient (Wildman–Crippen LogP) is 1.55. The van der Waals surface area contributed by atoms with Crippen LogP contribution in [0.4, 0.5) is 0 Å². The molecule has 102 valence electrons. The Labute approximate surface area is 109 Å². The van der Waals surface area contributed by atoms with E-state index in [4.69, 9.17) is 0 Å². The van der Waals surface area contributed by atoms with E-state index in [0.29, 0.717) is 6.54 Å². The summed E-state index contributed by atoms with van der Waals surface area (Å²) in [6.07, 6.45) is 4.87. The van der Waals surface area contributed by atoms with E-state index in [1.165, 1.54) is 4.90 Å². The molecule has 3 atom stereocenters. The van der Waals surface area contributed by atoms with Crippen LogP contribution in [0.3, 0.4) is 0 Å². The summed E-state index contributed by atoms with van der Waals surface area (Å²) in [5.41, 5.74) is 0. The summed E-state index contributed by atoms with van der Waals surface area (Å²) < 4.78 is 0. The van der Waals surface area contributed by atoms with Crippen LogP contribution in [-0.2, 0) is 9.59 Å². The lowest BCUT2D eigenvalue weighted by Gasteiger charge is -2.23. The Kier molecular flexibility index (Phi) is 4.38. The van der Waals surface area contributed by atoms with Crippen molar-refractivity contribution in [2.45, 2.75) is 52.0 Å². The first kappa shape index (κ1) is 13.5. The van der Waals surface area contributed by atoms with Crippen LogP contribution in [0.15, 0.2) is 0 Å². The SMILES string of the molecule is CCCNC(CC)CN1C(=O)C2CCCC2C1=O. The largest absolute Gasteiger partial charge is 0.312 e. The zero-order valence-corrected chi connectivity index (χ0v) is 11.4. The van der Waals surface area contributed by atoms with Crippen molar-refractivity contribution in [3.63, 3.8) is 0 Å². The molecule has 0 aromatic carbocycles. The molecule has 0 aromatic heterocycles. The molecule has 2 rings (SSSR count). The number of hydrogen-bond acceptors (Lipinski definition) is 3. The van der Waals surface area contributed by atoms with Crippen LogP contribution in [0.25, 0.3) is 0 Å². The lowest BCUT2D eigenvalue weighted by molar-refractivity contribution is -0.140. The van der Waals surface area contributed by atoms with E-state index in [9.17, 15) is 9.59 Å². The predicted molar refractivity (Wildman–Crippen MR) is 69.9 cm³/mol. The minimum atomic E-state index is 0.00109. The fourth-order valence-electron chi connectivity index (χ4n) is 3.15. The van der Waals surface area contributed by atoms with E-state index < -0.39 is 0 Å². The van der Waals surface area contributed by atoms with Crippen LogP contribution < -0.4 is 5.32 Å². The highest BCUT2D eigenvalue weighted by Gasteiger charge is 2.49. The fraction of sp³-hybridized carbons (Fsp3) is 0.857. The summed E-state index contributed by atoms with van der Waals surface area (Å²) in [7, 11) is 0. The van der Waals surface area contributed by atoms with Gasteiger partial charge in [-0.1, -0.05) is 20.3 Å². The van der Waals surface area contributed by atoms with Crippen molar-refractivity contribution in [3.05, 3.63) is 0 Å². The highest BCUT2D eigenvalue weighted by atomic mass is 16.2. The normalized spacial score (nSPS) is 28.9. The summed E-state index contributed by atoms with van der Waals surface area (Å²) >= 11 is 0. The number of rotatable bonds is 6. The second-order valence-electron chi connectivity index (χ2n) is 5.49. The number of nitrogens with zero attached hydrogens (tertiary/aromatic N) is 1. The average Bonchev–Trinajstić information content (AvgIpc) is 2.93. The van der Waals surface area contributed by atoms with Gasteiger partial charge >= 0.3 is 0 Å². The number of carbonyl (C=O) groups excluding carboxylic acids is 2. The number of imide groups is 1. The first-order chi connectivity index (χ1) is 8.69. The van der Waals surface area contributed by atoms with E-state index in [1.807, 2.05) is 0 Å². The Morgan fingerprint density at radius 3 is 2.33 bits per heavy atom. The van der Waals surface area contributed by atoms with E-state index in [0.717, 1.165) is 38.6 Å². The Hall–Kier alpha value is -0.900.